The van der Waals surface area contributed by atoms with Crippen LogP contribution in [0.15, 0.2) is 18.2 Å². The number of fused-ring (bicyclic) bond motifs is 1. The molecule has 2 aromatic rings. The van der Waals surface area contributed by atoms with Gasteiger partial charge >= 0.3 is 0 Å². The molecule has 0 saturated heterocycles. The van der Waals surface area contributed by atoms with Crippen LogP contribution in [0.2, 0.25) is 5.02 Å². The van der Waals surface area contributed by atoms with E-state index in [1.165, 1.54) is 51.4 Å². The monoisotopic (exact) mass is 318 g/mol. The lowest BCUT2D eigenvalue weighted by Gasteiger charge is -2.07. The Kier molecular flexibility index (Phi) is 7.11. The van der Waals surface area contributed by atoms with Crippen molar-refractivity contribution in [3.05, 3.63) is 34.6 Å². The third kappa shape index (κ3) is 5.24. The average Bonchev–Trinajstić information content (AvgIpc) is 2.50. The van der Waals surface area contributed by atoms with Gasteiger partial charge in [0.05, 0.1) is 22.4 Å². The van der Waals surface area contributed by atoms with Crippen LogP contribution in [0.3, 0.4) is 0 Å². The number of rotatable bonds is 9. The van der Waals surface area contributed by atoms with Crippen LogP contribution in [0.25, 0.3) is 11.0 Å². The quantitative estimate of drug-likeness (QED) is 0.509. The molecule has 120 valence electrons. The molecule has 22 heavy (non-hydrogen) atoms. The zero-order valence-corrected chi connectivity index (χ0v) is 14.6. The van der Waals surface area contributed by atoms with Crippen LogP contribution >= 0.6 is 11.6 Å². The van der Waals surface area contributed by atoms with Gasteiger partial charge in [0.1, 0.15) is 0 Å². The Labute approximate surface area is 139 Å². The second-order valence-electron chi connectivity index (χ2n) is 6.11. The minimum Gasteiger partial charge on any atom is -0.250 e. The third-order valence-electron chi connectivity index (χ3n) is 4.17. The lowest BCUT2D eigenvalue weighted by Crippen LogP contribution is -1.99. The van der Waals surface area contributed by atoms with Crippen molar-refractivity contribution in [1.82, 2.24) is 9.97 Å². The fourth-order valence-electron chi connectivity index (χ4n) is 2.82. The largest absolute Gasteiger partial charge is 0.250 e. The lowest BCUT2D eigenvalue weighted by atomic mass is 10.1. The van der Waals surface area contributed by atoms with E-state index in [2.05, 4.69) is 11.9 Å². The smallest absolute Gasteiger partial charge is 0.0905 e. The van der Waals surface area contributed by atoms with Gasteiger partial charge in [-0.05, 0) is 38.0 Å². The molecular formula is C19H27ClN2. The highest BCUT2D eigenvalue weighted by Gasteiger charge is 2.05. The molecule has 2 nitrogen and oxygen atoms in total. The zero-order chi connectivity index (χ0) is 15.8. The molecule has 3 heteroatoms. The minimum absolute atomic E-state index is 0.719. The Balaban J connectivity index is 1.79. The maximum absolute atomic E-state index is 6.01. The van der Waals surface area contributed by atoms with Crippen molar-refractivity contribution in [2.24, 2.45) is 0 Å². The van der Waals surface area contributed by atoms with Gasteiger partial charge in [-0.1, -0.05) is 63.5 Å². The van der Waals surface area contributed by atoms with Crippen LogP contribution in [-0.4, -0.2) is 9.97 Å². The molecule has 0 saturated carbocycles. The molecule has 0 radical (unpaired) electrons. The van der Waals surface area contributed by atoms with E-state index in [0.717, 1.165) is 33.9 Å². The van der Waals surface area contributed by atoms with E-state index in [-0.39, 0.29) is 0 Å². The van der Waals surface area contributed by atoms with Crippen molar-refractivity contribution in [3.63, 3.8) is 0 Å². The van der Waals surface area contributed by atoms with Crippen molar-refractivity contribution in [1.29, 1.82) is 0 Å². The molecule has 0 aliphatic carbocycles. The summed E-state index contributed by atoms with van der Waals surface area (Å²) in [5.41, 5.74) is 4.02. The summed E-state index contributed by atoms with van der Waals surface area (Å²) in [6.07, 6.45) is 11.8. The Morgan fingerprint density at radius 1 is 0.864 bits per heavy atom. The molecule has 1 heterocycles. The number of unbranched alkanes of at least 4 members (excludes halogenated alkanes) is 7. The molecule has 0 aliphatic heterocycles. The number of nitrogens with zero attached hydrogens (tertiary/aromatic N) is 2. The van der Waals surface area contributed by atoms with E-state index in [1.807, 2.05) is 25.1 Å². The van der Waals surface area contributed by atoms with Crippen LogP contribution in [-0.2, 0) is 6.42 Å². The highest BCUT2D eigenvalue weighted by atomic mass is 35.5. The topological polar surface area (TPSA) is 25.8 Å². The van der Waals surface area contributed by atoms with Gasteiger partial charge in [-0.3, -0.25) is 0 Å². The summed E-state index contributed by atoms with van der Waals surface area (Å²) in [7, 11) is 0. The van der Waals surface area contributed by atoms with E-state index < -0.39 is 0 Å². The molecule has 0 atom stereocenters. The zero-order valence-electron chi connectivity index (χ0n) is 13.9. The van der Waals surface area contributed by atoms with E-state index in [4.69, 9.17) is 16.6 Å². The summed E-state index contributed by atoms with van der Waals surface area (Å²) in [5, 5.41) is 0.719. The fourth-order valence-corrected chi connectivity index (χ4v) is 2.98. The highest BCUT2D eigenvalue weighted by molar-refractivity contribution is 6.31. The summed E-state index contributed by atoms with van der Waals surface area (Å²) in [6, 6.07) is 5.73. The summed E-state index contributed by atoms with van der Waals surface area (Å²) >= 11 is 6.01. The minimum atomic E-state index is 0.719. The number of halogens is 1. The van der Waals surface area contributed by atoms with Crippen LogP contribution in [0, 0.1) is 6.92 Å². The van der Waals surface area contributed by atoms with Gasteiger partial charge in [0.25, 0.3) is 0 Å². The third-order valence-corrected chi connectivity index (χ3v) is 4.40. The molecule has 0 N–H and O–H groups in total. The molecule has 0 amide bonds. The van der Waals surface area contributed by atoms with Crippen molar-refractivity contribution in [3.8, 4) is 0 Å². The maximum atomic E-state index is 6.01. The van der Waals surface area contributed by atoms with E-state index in [1.54, 1.807) is 0 Å². The van der Waals surface area contributed by atoms with Crippen molar-refractivity contribution in [2.75, 3.05) is 0 Å². The summed E-state index contributed by atoms with van der Waals surface area (Å²) < 4.78 is 0. The predicted octanol–water partition coefficient (Wildman–Crippen LogP) is 6.27. The van der Waals surface area contributed by atoms with Crippen LogP contribution in [0.5, 0.6) is 0 Å². The van der Waals surface area contributed by atoms with Crippen molar-refractivity contribution < 1.29 is 0 Å². The molecular weight excluding hydrogens is 292 g/mol. The molecule has 0 aliphatic rings. The number of benzene rings is 1. The Morgan fingerprint density at radius 2 is 1.55 bits per heavy atom. The molecule has 0 fully saturated rings. The number of hydrogen-bond acceptors (Lipinski definition) is 2. The predicted molar refractivity (Wildman–Crippen MR) is 95.6 cm³/mol. The molecule has 1 aromatic carbocycles. The number of aryl methyl sites for hydroxylation is 2. The molecule has 0 bridgehead atoms. The first-order chi connectivity index (χ1) is 10.7. The van der Waals surface area contributed by atoms with E-state index >= 15 is 0 Å². The standard InChI is InChI=1S/C19H27ClN2/c1-3-4-5-6-7-8-9-10-11-17-15(2)21-19-14-16(20)12-13-18(19)22-17/h12-14H,3-11H2,1-2H3. The molecule has 1 aromatic heterocycles. The van der Waals surface area contributed by atoms with Crippen molar-refractivity contribution in [2.45, 2.75) is 71.6 Å². The fraction of sp³-hybridized carbons (Fsp3) is 0.579. The SMILES string of the molecule is CCCCCCCCCCc1nc2ccc(Cl)cc2nc1C. The molecule has 0 spiro atoms. The Morgan fingerprint density at radius 3 is 2.27 bits per heavy atom. The molecule has 0 unspecified atom stereocenters. The summed E-state index contributed by atoms with van der Waals surface area (Å²) in [6.45, 7) is 4.31. The highest BCUT2D eigenvalue weighted by Crippen LogP contribution is 2.19. The molecule has 2 rings (SSSR count). The first-order valence-electron chi connectivity index (χ1n) is 8.63. The maximum Gasteiger partial charge on any atom is 0.0905 e. The van der Waals surface area contributed by atoms with Crippen LogP contribution in [0.4, 0.5) is 0 Å². The van der Waals surface area contributed by atoms with Crippen LogP contribution < -0.4 is 0 Å². The normalized spacial score (nSPS) is 11.2. The second-order valence-corrected chi connectivity index (χ2v) is 6.55. The Bertz CT molecular complexity index is 595. The van der Waals surface area contributed by atoms with Gasteiger partial charge in [0, 0.05) is 5.02 Å². The van der Waals surface area contributed by atoms with E-state index in [0.29, 0.717) is 0 Å². The lowest BCUT2D eigenvalue weighted by molar-refractivity contribution is 0.573. The van der Waals surface area contributed by atoms with Crippen molar-refractivity contribution >= 4 is 22.6 Å². The van der Waals surface area contributed by atoms with Gasteiger partial charge in [-0.25, -0.2) is 9.97 Å². The van der Waals surface area contributed by atoms with Gasteiger partial charge in [-0.2, -0.15) is 0 Å². The number of aromatic nitrogens is 2. The van der Waals surface area contributed by atoms with E-state index in [9.17, 15) is 0 Å². The first-order valence-corrected chi connectivity index (χ1v) is 9.01. The van der Waals surface area contributed by atoms with Gasteiger partial charge < -0.3 is 0 Å². The van der Waals surface area contributed by atoms with Gasteiger partial charge in [0.15, 0.2) is 0 Å². The summed E-state index contributed by atoms with van der Waals surface area (Å²) in [4.78, 5) is 9.39. The number of hydrogen-bond donors (Lipinski definition) is 0. The van der Waals surface area contributed by atoms with Crippen LogP contribution in [0.1, 0.15) is 69.7 Å². The summed E-state index contributed by atoms with van der Waals surface area (Å²) in [5.74, 6) is 0. The Hall–Kier alpha value is -1.15. The second kappa shape index (κ2) is 9.09. The van der Waals surface area contributed by atoms with Gasteiger partial charge in [-0.15, -0.1) is 0 Å². The average molecular weight is 319 g/mol. The first kappa shape index (κ1) is 17.2. The van der Waals surface area contributed by atoms with Gasteiger partial charge in [0.2, 0.25) is 0 Å².